The third-order valence-corrected chi connectivity index (χ3v) is 6.62. The van der Waals surface area contributed by atoms with Crippen LogP contribution in [0.5, 0.6) is 0 Å². The molecule has 172 valence electrons. The lowest BCUT2D eigenvalue weighted by atomic mass is 9.95. The van der Waals surface area contributed by atoms with Crippen LogP contribution in [-0.2, 0) is 22.4 Å². The van der Waals surface area contributed by atoms with Gasteiger partial charge in [0.25, 0.3) is 11.6 Å². The molecule has 0 aliphatic heterocycles. The van der Waals surface area contributed by atoms with Crippen molar-refractivity contribution in [2.75, 3.05) is 12.4 Å². The minimum atomic E-state index is -0.681. The van der Waals surface area contributed by atoms with Gasteiger partial charge < -0.3 is 14.5 Å². The molecule has 0 bridgehead atoms. The lowest BCUT2D eigenvalue weighted by molar-refractivity contribution is -0.384. The summed E-state index contributed by atoms with van der Waals surface area (Å²) >= 11 is 1.33. The first-order chi connectivity index (χ1) is 16.4. The number of carbonyl (C=O) groups is 2. The standard InChI is InChI=1S/C24H19N3O6S/c1-32-24(29)21-18-7-2-3-8-20(18)34-23(21)26-22(28)15(13-25)12-17-9-10-19(33-17)14-5-4-6-16(11-14)27(30)31/h4-6,9-12H,2-3,7-8H2,1H3,(H,26,28). The maximum atomic E-state index is 12.9. The number of anilines is 1. The Morgan fingerprint density at radius 1 is 1.26 bits per heavy atom. The van der Waals surface area contributed by atoms with Gasteiger partial charge in [0, 0.05) is 28.6 Å². The topological polar surface area (TPSA) is 135 Å². The Kier molecular flexibility index (Phi) is 6.56. The number of methoxy groups -OCH3 is 1. The van der Waals surface area contributed by atoms with Gasteiger partial charge in [-0.05, 0) is 43.4 Å². The summed E-state index contributed by atoms with van der Waals surface area (Å²) in [6.45, 7) is 0. The Morgan fingerprint density at radius 3 is 2.79 bits per heavy atom. The molecule has 1 aliphatic carbocycles. The fourth-order valence-electron chi connectivity index (χ4n) is 3.79. The van der Waals surface area contributed by atoms with Crippen LogP contribution in [0.15, 0.2) is 46.4 Å². The van der Waals surface area contributed by atoms with E-state index in [0.717, 1.165) is 36.1 Å². The fraction of sp³-hybridized carbons (Fsp3) is 0.208. The SMILES string of the molecule is COC(=O)c1c(NC(=O)C(C#N)=Cc2ccc(-c3cccc([N+](=O)[O-])c3)o2)sc2c1CCCC2. The number of nitro groups is 1. The summed E-state index contributed by atoms with van der Waals surface area (Å²) in [6, 6.07) is 11.0. The van der Waals surface area contributed by atoms with Crippen LogP contribution in [-0.4, -0.2) is 23.9 Å². The smallest absolute Gasteiger partial charge is 0.341 e. The van der Waals surface area contributed by atoms with Gasteiger partial charge in [0.05, 0.1) is 17.6 Å². The van der Waals surface area contributed by atoms with Crippen LogP contribution in [0.2, 0.25) is 0 Å². The second kappa shape index (κ2) is 9.72. The molecule has 10 heteroatoms. The number of aryl methyl sites for hydroxylation is 1. The molecule has 0 unspecified atom stereocenters. The van der Waals surface area contributed by atoms with Crippen molar-refractivity contribution in [3.8, 4) is 17.4 Å². The van der Waals surface area contributed by atoms with Crippen molar-refractivity contribution in [2.24, 2.45) is 0 Å². The van der Waals surface area contributed by atoms with Gasteiger partial charge in [-0.3, -0.25) is 14.9 Å². The van der Waals surface area contributed by atoms with E-state index in [1.807, 2.05) is 6.07 Å². The van der Waals surface area contributed by atoms with Gasteiger partial charge in [-0.1, -0.05) is 12.1 Å². The van der Waals surface area contributed by atoms with Crippen LogP contribution >= 0.6 is 11.3 Å². The molecule has 2 aromatic heterocycles. The highest BCUT2D eigenvalue weighted by Gasteiger charge is 2.27. The van der Waals surface area contributed by atoms with Crippen LogP contribution < -0.4 is 5.32 Å². The van der Waals surface area contributed by atoms with Crippen LogP contribution in [0.1, 0.15) is 39.4 Å². The van der Waals surface area contributed by atoms with E-state index in [0.29, 0.717) is 21.9 Å². The summed E-state index contributed by atoms with van der Waals surface area (Å²) in [5.41, 5.74) is 1.43. The molecular weight excluding hydrogens is 458 g/mol. The van der Waals surface area contributed by atoms with Crippen molar-refractivity contribution >= 4 is 40.0 Å². The zero-order chi connectivity index (χ0) is 24.2. The summed E-state index contributed by atoms with van der Waals surface area (Å²) in [7, 11) is 1.29. The first-order valence-corrected chi connectivity index (χ1v) is 11.2. The lowest BCUT2D eigenvalue weighted by Crippen LogP contribution is -2.16. The highest BCUT2D eigenvalue weighted by molar-refractivity contribution is 7.17. The molecule has 2 heterocycles. The number of nitriles is 1. The molecule has 9 nitrogen and oxygen atoms in total. The Bertz CT molecular complexity index is 1360. The molecule has 0 saturated heterocycles. The maximum Gasteiger partial charge on any atom is 0.341 e. The van der Waals surface area contributed by atoms with Crippen LogP contribution in [0.25, 0.3) is 17.4 Å². The van der Waals surface area contributed by atoms with E-state index < -0.39 is 16.8 Å². The van der Waals surface area contributed by atoms with E-state index in [1.165, 1.54) is 36.7 Å². The Morgan fingerprint density at radius 2 is 2.06 bits per heavy atom. The molecule has 34 heavy (non-hydrogen) atoms. The van der Waals surface area contributed by atoms with E-state index in [-0.39, 0.29) is 17.0 Å². The number of benzene rings is 1. The number of non-ortho nitro benzene ring substituents is 1. The third-order valence-electron chi connectivity index (χ3n) is 5.41. The normalized spacial score (nSPS) is 13.0. The number of esters is 1. The molecular formula is C24H19N3O6S. The van der Waals surface area contributed by atoms with Crippen LogP contribution in [0, 0.1) is 21.4 Å². The van der Waals surface area contributed by atoms with E-state index in [2.05, 4.69) is 5.32 Å². The number of carbonyl (C=O) groups excluding carboxylic acids is 2. The summed E-state index contributed by atoms with van der Waals surface area (Å²) in [5, 5.41) is 23.6. The predicted molar refractivity (Wildman–Crippen MR) is 125 cm³/mol. The molecule has 3 aromatic rings. The van der Waals surface area contributed by atoms with E-state index in [9.17, 15) is 25.0 Å². The van der Waals surface area contributed by atoms with Gasteiger partial charge in [0.2, 0.25) is 0 Å². The number of fused-ring (bicyclic) bond motifs is 1. The minimum Gasteiger partial charge on any atom is -0.465 e. The first kappa shape index (κ1) is 22.9. The average molecular weight is 477 g/mol. The van der Waals surface area contributed by atoms with Gasteiger partial charge in [-0.15, -0.1) is 11.3 Å². The second-order valence-corrected chi connectivity index (χ2v) is 8.65. The molecule has 0 atom stereocenters. The number of thiophene rings is 1. The lowest BCUT2D eigenvalue weighted by Gasteiger charge is -2.11. The van der Waals surface area contributed by atoms with Gasteiger partial charge in [-0.25, -0.2) is 4.79 Å². The molecule has 1 N–H and O–H groups in total. The minimum absolute atomic E-state index is 0.0804. The highest BCUT2D eigenvalue weighted by atomic mass is 32.1. The van der Waals surface area contributed by atoms with Gasteiger partial charge >= 0.3 is 5.97 Å². The van der Waals surface area contributed by atoms with E-state index in [1.54, 1.807) is 24.3 Å². The number of nitrogens with one attached hydrogen (secondary N) is 1. The summed E-state index contributed by atoms with van der Waals surface area (Å²) < 4.78 is 10.6. The molecule has 0 spiro atoms. The van der Waals surface area contributed by atoms with Crippen molar-refractivity contribution in [3.63, 3.8) is 0 Å². The zero-order valence-corrected chi connectivity index (χ0v) is 18.9. The largest absolute Gasteiger partial charge is 0.465 e. The highest BCUT2D eigenvalue weighted by Crippen LogP contribution is 2.38. The molecule has 4 rings (SSSR count). The van der Waals surface area contributed by atoms with E-state index in [4.69, 9.17) is 9.15 Å². The summed E-state index contributed by atoms with van der Waals surface area (Å²) in [6.07, 6.45) is 4.81. The van der Waals surface area contributed by atoms with Crippen LogP contribution in [0.3, 0.4) is 0 Å². The maximum absolute atomic E-state index is 12.9. The second-order valence-electron chi connectivity index (χ2n) is 7.54. The van der Waals surface area contributed by atoms with Gasteiger partial charge in [0.1, 0.15) is 28.2 Å². The third kappa shape index (κ3) is 4.60. The summed E-state index contributed by atoms with van der Waals surface area (Å²) in [4.78, 5) is 36.8. The number of amides is 1. The van der Waals surface area contributed by atoms with Crippen molar-refractivity contribution < 1.29 is 23.7 Å². The van der Waals surface area contributed by atoms with Crippen LogP contribution in [0.4, 0.5) is 10.7 Å². The summed E-state index contributed by atoms with van der Waals surface area (Å²) in [5.74, 6) is -0.622. The Hall–Kier alpha value is -4.23. The van der Waals surface area contributed by atoms with Gasteiger partial charge in [-0.2, -0.15) is 5.26 Å². The van der Waals surface area contributed by atoms with Gasteiger partial charge in [0.15, 0.2) is 0 Å². The number of ether oxygens (including phenoxy) is 1. The Labute approximate surface area is 198 Å². The molecule has 0 fully saturated rings. The molecule has 1 amide bonds. The number of hydrogen-bond acceptors (Lipinski definition) is 8. The Balaban J connectivity index is 1.59. The fourth-order valence-corrected chi connectivity index (χ4v) is 5.06. The molecule has 1 aliphatic rings. The zero-order valence-electron chi connectivity index (χ0n) is 18.1. The molecule has 1 aromatic carbocycles. The van der Waals surface area contributed by atoms with Crippen molar-refractivity contribution in [3.05, 3.63) is 73.8 Å². The van der Waals surface area contributed by atoms with E-state index >= 15 is 0 Å². The number of nitrogens with zero attached hydrogens (tertiary/aromatic N) is 2. The number of hydrogen-bond donors (Lipinski definition) is 1. The first-order valence-electron chi connectivity index (χ1n) is 10.4. The number of nitro benzene ring substituents is 1. The number of furan rings is 1. The quantitative estimate of drug-likeness (QED) is 0.171. The average Bonchev–Trinajstić information content (AvgIpc) is 3.46. The van der Waals surface area contributed by atoms with Crippen molar-refractivity contribution in [1.82, 2.24) is 0 Å². The van der Waals surface area contributed by atoms with Crippen molar-refractivity contribution in [1.29, 1.82) is 5.26 Å². The number of rotatable bonds is 6. The molecule has 0 saturated carbocycles. The van der Waals surface area contributed by atoms with Crippen molar-refractivity contribution in [2.45, 2.75) is 25.7 Å². The predicted octanol–water partition coefficient (Wildman–Crippen LogP) is 5.13. The monoisotopic (exact) mass is 477 g/mol. The molecule has 0 radical (unpaired) electrons.